The Bertz CT molecular complexity index is 1210. The fourth-order valence-electron chi connectivity index (χ4n) is 4.69. The van der Waals surface area contributed by atoms with Crippen LogP contribution in [0.1, 0.15) is 39.9 Å². The summed E-state index contributed by atoms with van der Waals surface area (Å²) in [7, 11) is 0. The molecule has 1 amide bonds. The lowest BCUT2D eigenvalue weighted by atomic mass is 9.90. The number of piperidine rings is 1. The Kier molecular flexibility index (Phi) is 7.23. The largest absolute Gasteiger partial charge is 0.471 e. The van der Waals surface area contributed by atoms with Crippen LogP contribution < -0.4 is 4.74 Å². The van der Waals surface area contributed by atoms with Crippen LogP contribution in [0.3, 0.4) is 0 Å². The number of ether oxygens (including phenoxy) is 1. The average molecular weight is 466 g/mol. The highest BCUT2D eigenvalue weighted by molar-refractivity contribution is 5.96. The number of hydrogen-bond acceptors (Lipinski definition) is 3. The monoisotopic (exact) mass is 465 g/mol. The van der Waals surface area contributed by atoms with E-state index in [1.165, 1.54) is 5.56 Å². The third-order valence-electron chi connectivity index (χ3n) is 6.63. The standard InChI is InChI=1S/C30H31N3O2/c34-30(32-18-16-25(17-19-32)20-24-10-4-1-5-11-24)28-22-33(21-26-12-6-2-7-13-26)31-29(28)35-23-27-14-8-3-9-15-27/h1-15,22,25H,16-21,23H2. The van der Waals surface area contributed by atoms with Crippen LogP contribution in [0.15, 0.2) is 97.2 Å². The number of carbonyl (C=O) groups excluding carboxylic acids is 1. The van der Waals surface area contributed by atoms with Crippen LogP contribution in [-0.2, 0) is 19.6 Å². The Morgan fingerprint density at radius 3 is 2.00 bits per heavy atom. The molecule has 35 heavy (non-hydrogen) atoms. The van der Waals surface area contributed by atoms with Gasteiger partial charge in [-0.3, -0.25) is 9.48 Å². The van der Waals surface area contributed by atoms with Gasteiger partial charge in [-0.25, -0.2) is 0 Å². The lowest BCUT2D eigenvalue weighted by Gasteiger charge is -2.32. The molecule has 0 atom stereocenters. The first kappa shape index (κ1) is 22.9. The summed E-state index contributed by atoms with van der Waals surface area (Å²) in [5.74, 6) is 1.02. The molecule has 1 aromatic heterocycles. The second kappa shape index (κ2) is 11.0. The number of carbonyl (C=O) groups is 1. The van der Waals surface area contributed by atoms with Gasteiger partial charge in [-0.2, -0.15) is 0 Å². The van der Waals surface area contributed by atoms with Gasteiger partial charge in [0.1, 0.15) is 12.2 Å². The van der Waals surface area contributed by atoms with Crippen molar-refractivity contribution in [3.63, 3.8) is 0 Å². The second-order valence-corrected chi connectivity index (χ2v) is 9.23. The zero-order chi connectivity index (χ0) is 23.9. The molecule has 1 saturated heterocycles. The maximum atomic E-state index is 13.6. The van der Waals surface area contributed by atoms with Crippen LogP contribution in [0.4, 0.5) is 0 Å². The summed E-state index contributed by atoms with van der Waals surface area (Å²) in [4.78, 5) is 15.5. The first-order valence-corrected chi connectivity index (χ1v) is 12.4. The molecule has 2 heterocycles. The molecule has 0 bridgehead atoms. The smallest absolute Gasteiger partial charge is 0.260 e. The van der Waals surface area contributed by atoms with Crippen LogP contribution in [0.2, 0.25) is 0 Å². The summed E-state index contributed by atoms with van der Waals surface area (Å²) in [5, 5.41) is 4.65. The molecule has 0 radical (unpaired) electrons. The van der Waals surface area contributed by atoms with Crippen molar-refractivity contribution in [1.29, 1.82) is 0 Å². The fourth-order valence-corrected chi connectivity index (χ4v) is 4.69. The van der Waals surface area contributed by atoms with Crippen molar-refractivity contribution in [3.05, 3.63) is 119 Å². The number of amides is 1. The van der Waals surface area contributed by atoms with E-state index in [1.54, 1.807) is 0 Å². The van der Waals surface area contributed by atoms with Gasteiger partial charge in [-0.05, 0) is 41.9 Å². The predicted molar refractivity (Wildman–Crippen MR) is 137 cm³/mol. The third-order valence-corrected chi connectivity index (χ3v) is 6.63. The van der Waals surface area contributed by atoms with E-state index in [2.05, 4.69) is 47.6 Å². The van der Waals surface area contributed by atoms with E-state index in [1.807, 2.05) is 64.3 Å². The Morgan fingerprint density at radius 2 is 1.37 bits per heavy atom. The number of rotatable bonds is 8. The maximum Gasteiger partial charge on any atom is 0.260 e. The molecule has 3 aromatic carbocycles. The van der Waals surface area contributed by atoms with Crippen molar-refractivity contribution >= 4 is 5.91 Å². The van der Waals surface area contributed by atoms with Gasteiger partial charge in [0.2, 0.25) is 5.88 Å². The molecule has 0 spiro atoms. The first-order chi connectivity index (χ1) is 17.2. The highest BCUT2D eigenvalue weighted by atomic mass is 16.5. The van der Waals surface area contributed by atoms with Crippen molar-refractivity contribution in [2.24, 2.45) is 5.92 Å². The van der Waals surface area contributed by atoms with Crippen molar-refractivity contribution in [2.75, 3.05) is 13.1 Å². The number of aromatic nitrogens is 2. The topological polar surface area (TPSA) is 47.4 Å². The minimum atomic E-state index is 0.00512. The van der Waals surface area contributed by atoms with Gasteiger partial charge < -0.3 is 9.64 Å². The summed E-state index contributed by atoms with van der Waals surface area (Å²) < 4.78 is 7.88. The van der Waals surface area contributed by atoms with Gasteiger partial charge in [0.25, 0.3) is 5.91 Å². The van der Waals surface area contributed by atoms with Gasteiger partial charge in [0.05, 0.1) is 6.54 Å². The Hall–Kier alpha value is -3.86. The van der Waals surface area contributed by atoms with Crippen molar-refractivity contribution in [1.82, 2.24) is 14.7 Å². The Labute approximate surface area is 207 Å². The Morgan fingerprint density at radius 1 is 0.800 bits per heavy atom. The molecule has 0 N–H and O–H groups in total. The third kappa shape index (κ3) is 5.99. The Balaban J connectivity index is 1.28. The molecule has 178 valence electrons. The maximum absolute atomic E-state index is 13.6. The highest BCUT2D eigenvalue weighted by Gasteiger charge is 2.27. The van der Waals surface area contributed by atoms with E-state index in [4.69, 9.17) is 4.74 Å². The summed E-state index contributed by atoms with van der Waals surface area (Å²) in [6, 6.07) is 30.7. The highest BCUT2D eigenvalue weighted by Crippen LogP contribution is 2.26. The van der Waals surface area contributed by atoms with Crippen molar-refractivity contribution in [2.45, 2.75) is 32.4 Å². The van der Waals surface area contributed by atoms with Crippen LogP contribution >= 0.6 is 0 Å². The van der Waals surface area contributed by atoms with Gasteiger partial charge in [-0.1, -0.05) is 91.0 Å². The molecule has 5 heteroatoms. The molecule has 1 aliphatic heterocycles. The van der Waals surface area contributed by atoms with Crippen molar-refractivity contribution < 1.29 is 9.53 Å². The number of benzene rings is 3. The minimum absolute atomic E-state index is 0.00512. The normalized spacial score (nSPS) is 14.1. The molecule has 5 rings (SSSR count). The summed E-state index contributed by atoms with van der Waals surface area (Å²) in [6.07, 6.45) is 4.94. The first-order valence-electron chi connectivity index (χ1n) is 12.4. The molecule has 1 fully saturated rings. The summed E-state index contributed by atoms with van der Waals surface area (Å²) in [5.41, 5.74) is 4.09. The molecule has 0 unspecified atom stereocenters. The zero-order valence-electron chi connectivity index (χ0n) is 19.9. The number of hydrogen-bond donors (Lipinski definition) is 0. The summed E-state index contributed by atoms with van der Waals surface area (Å²) >= 11 is 0. The second-order valence-electron chi connectivity index (χ2n) is 9.23. The lowest BCUT2D eigenvalue weighted by Crippen LogP contribution is -2.39. The lowest BCUT2D eigenvalue weighted by molar-refractivity contribution is 0.0685. The SMILES string of the molecule is O=C(c1cn(Cc2ccccc2)nc1OCc1ccccc1)N1CCC(Cc2ccccc2)CC1. The van der Waals surface area contributed by atoms with Crippen LogP contribution in [0.5, 0.6) is 5.88 Å². The predicted octanol–water partition coefficient (Wildman–Crippen LogP) is 5.61. The van der Waals surface area contributed by atoms with Gasteiger partial charge in [-0.15, -0.1) is 5.10 Å². The molecule has 1 aliphatic rings. The number of likely N-dealkylation sites (tertiary alicyclic amines) is 1. The molecule has 0 saturated carbocycles. The van der Waals surface area contributed by atoms with Gasteiger partial charge >= 0.3 is 0 Å². The quantitative estimate of drug-likeness (QED) is 0.340. The van der Waals surface area contributed by atoms with Crippen molar-refractivity contribution in [3.8, 4) is 5.88 Å². The van der Waals surface area contributed by atoms with E-state index in [9.17, 15) is 4.79 Å². The van der Waals surface area contributed by atoms with E-state index in [0.717, 1.165) is 43.5 Å². The fraction of sp³-hybridized carbons (Fsp3) is 0.267. The van der Waals surface area contributed by atoms with Crippen LogP contribution in [0, 0.1) is 5.92 Å². The summed E-state index contributed by atoms with van der Waals surface area (Å²) in [6.45, 7) is 2.49. The van der Waals surface area contributed by atoms with E-state index < -0.39 is 0 Å². The zero-order valence-corrected chi connectivity index (χ0v) is 19.9. The van der Waals surface area contributed by atoms with Gasteiger partial charge in [0, 0.05) is 19.3 Å². The molecule has 5 nitrogen and oxygen atoms in total. The minimum Gasteiger partial charge on any atom is -0.471 e. The van der Waals surface area contributed by atoms with E-state index in [-0.39, 0.29) is 5.91 Å². The molecule has 0 aliphatic carbocycles. The van der Waals surface area contributed by atoms with E-state index in [0.29, 0.717) is 30.5 Å². The van der Waals surface area contributed by atoms with Crippen LogP contribution in [-0.4, -0.2) is 33.7 Å². The van der Waals surface area contributed by atoms with E-state index >= 15 is 0 Å². The van der Waals surface area contributed by atoms with Gasteiger partial charge in [0.15, 0.2) is 0 Å². The number of nitrogens with zero attached hydrogens (tertiary/aromatic N) is 3. The van der Waals surface area contributed by atoms with Crippen LogP contribution in [0.25, 0.3) is 0 Å². The molecule has 4 aromatic rings. The average Bonchev–Trinajstić information content (AvgIpc) is 3.32. The molecular formula is C30H31N3O2. The molecular weight excluding hydrogens is 434 g/mol.